The minimum atomic E-state index is -1.70. The molecule has 0 spiro atoms. The van der Waals surface area contributed by atoms with E-state index < -0.39 is 55.5 Å². The van der Waals surface area contributed by atoms with Crippen molar-refractivity contribution in [1.29, 1.82) is 0 Å². The maximum absolute atomic E-state index is 9.75. The maximum Gasteiger partial charge on any atom is 0.173 e. The summed E-state index contributed by atoms with van der Waals surface area (Å²) in [5, 5.41) is 56.6. The molecule has 8 unspecified atom stereocenters. The van der Waals surface area contributed by atoms with E-state index in [9.17, 15) is 25.5 Å². The van der Waals surface area contributed by atoms with E-state index in [2.05, 4.69) is 0 Å². The fraction of sp³-hybridized carbons (Fsp3) is 1.00. The van der Waals surface area contributed by atoms with Crippen LogP contribution in [0.25, 0.3) is 0 Å². The Morgan fingerprint density at radius 2 is 1.67 bits per heavy atom. The molecule has 108 valence electrons. The number of ether oxygens (including phenoxy) is 1. The fourth-order valence-electron chi connectivity index (χ4n) is 1.76. The van der Waals surface area contributed by atoms with Gasteiger partial charge < -0.3 is 46.8 Å². The number of nitrogens with two attached hydrogens (primary N) is 2. The van der Waals surface area contributed by atoms with Crippen LogP contribution in [0.5, 0.6) is 0 Å². The highest BCUT2D eigenvalue weighted by atomic mass is 16.6. The third kappa shape index (κ3) is 2.96. The van der Waals surface area contributed by atoms with E-state index in [0.717, 1.165) is 0 Å². The number of aliphatic hydroxyl groups is 6. The first-order valence-electron chi connectivity index (χ1n) is 5.49. The monoisotopic (exact) mass is 268 g/mol. The summed E-state index contributed by atoms with van der Waals surface area (Å²) in [6, 6.07) is -2.38. The SMILES string of the molecule is NC(CO)C(O)C(O)C1OC(O)C(N)C(O)C1O. The summed E-state index contributed by atoms with van der Waals surface area (Å²) in [4.78, 5) is 0. The topological polar surface area (TPSA) is 183 Å². The van der Waals surface area contributed by atoms with E-state index in [0.29, 0.717) is 0 Å². The van der Waals surface area contributed by atoms with Crippen molar-refractivity contribution in [2.75, 3.05) is 6.61 Å². The molecule has 0 aliphatic carbocycles. The van der Waals surface area contributed by atoms with Gasteiger partial charge in [0.1, 0.15) is 24.4 Å². The Kier molecular flexibility index (Phi) is 5.40. The highest BCUT2D eigenvalue weighted by Gasteiger charge is 2.47. The smallest absolute Gasteiger partial charge is 0.173 e. The van der Waals surface area contributed by atoms with Crippen LogP contribution in [0, 0.1) is 0 Å². The molecule has 1 fully saturated rings. The summed E-state index contributed by atoms with van der Waals surface area (Å²) in [5.74, 6) is 0. The molecule has 8 atom stereocenters. The first-order chi connectivity index (χ1) is 8.31. The van der Waals surface area contributed by atoms with Crippen LogP contribution in [-0.4, -0.2) is 86.1 Å². The Morgan fingerprint density at radius 3 is 2.17 bits per heavy atom. The molecule has 0 amide bonds. The number of hydrogen-bond donors (Lipinski definition) is 8. The molecule has 0 aromatic carbocycles. The highest BCUT2D eigenvalue weighted by molar-refractivity contribution is 4.97. The highest BCUT2D eigenvalue weighted by Crippen LogP contribution is 2.22. The van der Waals surface area contributed by atoms with E-state index >= 15 is 0 Å². The van der Waals surface area contributed by atoms with Crippen molar-refractivity contribution in [3.8, 4) is 0 Å². The van der Waals surface area contributed by atoms with Crippen molar-refractivity contribution < 1.29 is 35.4 Å². The summed E-state index contributed by atoms with van der Waals surface area (Å²) in [7, 11) is 0. The second-order valence-corrected chi connectivity index (χ2v) is 4.38. The Morgan fingerprint density at radius 1 is 1.11 bits per heavy atom. The van der Waals surface area contributed by atoms with Crippen molar-refractivity contribution in [2.24, 2.45) is 11.5 Å². The summed E-state index contributed by atoms with van der Waals surface area (Å²) < 4.78 is 4.83. The van der Waals surface area contributed by atoms with Gasteiger partial charge in [0.05, 0.1) is 24.8 Å². The Labute approximate surface area is 103 Å². The molecule has 1 aliphatic heterocycles. The minimum absolute atomic E-state index is 0.592. The van der Waals surface area contributed by atoms with Gasteiger partial charge in [0.2, 0.25) is 0 Å². The van der Waals surface area contributed by atoms with Crippen molar-refractivity contribution in [3.63, 3.8) is 0 Å². The molecule has 1 aliphatic rings. The predicted molar refractivity (Wildman–Crippen MR) is 57.9 cm³/mol. The van der Waals surface area contributed by atoms with Gasteiger partial charge in [0, 0.05) is 0 Å². The molecule has 1 saturated heterocycles. The average molecular weight is 268 g/mol. The molecule has 18 heavy (non-hydrogen) atoms. The van der Waals surface area contributed by atoms with Crippen molar-refractivity contribution in [3.05, 3.63) is 0 Å². The molecule has 0 aromatic heterocycles. The first kappa shape index (κ1) is 15.7. The van der Waals surface area contributed by atoms with Gasteiger partial charge in [0.25, 0.3) is 0 Å². The van der Waals surface area contributed by atoms with E-state index in [1.54, 1.807) is 0 Å². The normalized spacial score (nSPS) is 42.3. The molecule has 0 saturated carbocycles. The van der Waals surface area contributed by atoms with Crippen molar-refractivity contribution in [1.82, 2.24) is 0 Å². The van der Waals surface area contributed by atoms with Gasteiger partial charge in [-0.15, -0.1) is 0 Å². The molecule has 0 aromatic rings. The van der Waals surface area contributed by atoms with Gasteiger partial charge in [-0.05, 0) is 0 Å². The minimum Gasteiger partial charge on any atom is -0.395 e. The fourth-order valence-corrected chi connectivity index (χ4v) is 1.76. The van der Waals surface area contributed by atoms with E-state index in [1.165, 1.54) is 0 Å². The summed E-state index contributed by atoms with van der Waals surface area (Å²) in [6.07, 6.45) is -9.48. The Bertz CT molecular complexity index is 269. The van der Waals surface area contributed by atoms with Crippen LogP contribution in [0.4, 0.5) is 0 Å². The molecule has 1 heterocycles. The van der Waals surface area contributed by atoms with Crippen LogP contribution in [0.1, 0.15) is 0 Å². The summed E-state index contributed by atoms with van der Waals surface area (Å²) >= 11 is 0. The molecule has 9 heteroatoms. The molecule has 1 rings (SSSR count). The van der Waals surface area contributed by atoms with Gasteiger partial charge >= 0.3 is 0 Å². The Balaban J connectivity index is 2.76. The van der Waals surface area contributed by atoms with Gasteiger partial charge in [-0.1, -0.05) is 0 Å². The molecule has 9 nitrogen and oxygen atoms in total. The number of hydrogen-bond acceptors (Lipinski definition) is 9. The van der Waals surface area contributed by atoms with Gasteiger partial charge in [-0.25, -0.2) is 0 Å². The largest absolute Gasteiger partial charge is 0.395 e. The van der Waals surface area contributed by atoms with Crippen LogP contribution in [0.3, 0.4) is 0 Å². The van der Waals surface area contributed by atoms with Crippen LogP contribution >= 0.6 is 0 Å². The van der Waals surface area contributed by atoms with Crippen LogP contribution < -0.4 is 11.5 Å². The van der Waals surface area contributed by atoms with Gasteiger partial charge in [0.15, 0.2) is 6.29 Å². The third-order valence-corrected chi connectivity index (χ3v) is 3.04. The lowest BCUT2D eigenvalue weighted by Crippen LogP contribution is -2.66. The standard InChI is InChI=1S/C9H20N2O7/c10-2(1-12)4(13)6(15)8-7(16)5(14)3(11)9(17)18-8/h2-9,12-17H,1,10-11H2. The van der Waals surface area contributed by atoms with Crippen molar-refractivity contribution >= 4 is 0 Å². The second kappa shape index (κ2) is 6.19. The molecule has 10 N–H and O–H groups in total. The zero-order valence-electron chi connectivity index (χ0n) is 9.57. The van der Waals surface area contributed by atoms with Crippen LogP contribution in [0.2, 0.25) is 0 Å². The second-order valence-electron chi connectivity index (χ2n) is 4.38. The van der Waals surface area contributed by atoms with E-state index in [4.69, 9.17) is 21.3 Å². The van der Waals surface area contributed by atoms with Crippen LogP contribution in [-0.2, 0) is 4.74 Å². The number of rotatable bonds is 4. The summed E-state index contributed by atoms with van der Waals surface area (Å²) in [6.45, 7) is -0.592. The van der Waals surface area contributed by atoms with Crippen LogP contribution in [0.15, 0.2) is 0 Å². The lowest BCUT2D eigenvalue weighted by Gasteiger charge is -2.42. The maximum atomic E-state index is 9.75. The molecule has 0 bridgehead atoms. The first-order valence-corrected chi connectivity index (χ1v) is 5.49. The average Bonchev–Trinajstić information content (AvgIpc) is 2.37. The van der Waals surface area contributed by atoms with E-state index in [1.807, 2.05) is 0 Å². The predicted octanol–water partition coefficient (Wildman–Crippen LogP) is -5.21. The quantitative estimate of drug-likeness (QED) is 0.247. The molecular weight excluding hydrogens is 248 g/mol. The zero-order valence-corrected chi connectivity index (χ0v) is 9.57. The van der Waals surface area contributed by atoms with Gasteiger partial charge in [-0.2, -0.15) is 0 Å². The molecule has 0 radical (unpaired) electrons. The van der Waals surface area contributed by atoms with Crippen molar-refractivity contribution in [2.45, 2.75) is 48.9 Å². The lowest BCUT2D eigenvalue weighted by atomic mass is 9.90. The summed E-state index contributed by atoms with van der Waals surface area (Å²) in [5.41, 5.74) is 10.7. The number of aliphatic hydroxyl groups excluding tert-OH is 6. The molecular formula is C9H20N2O7. The van der Waals surface area contributed by atoms with Gasteiger partial charge in [-0.3, -0.25) is 0 Å². The third-order valence-electron chi connectivity index (χ3n) is 3.04. The lowest BCUT2D eigenvalue weighted by molar-refractivity contribution is -0.271. The Hall–Kier alpha value is -0.360. The zero-order chi connectivity index (χ0) is 14.0. The van der Waals surface area contributed by atoms with E-state index in [-0.39, 0.29) is 0 Å².